The summed E-state index contributed by atoms with van der Waals surface area (Å²) in [5.41, 5.74) is 0. The van der Waals surface area contributed by atoms with Gasteiger partial charge in [0.05, 0.1) is 12.4 Å². The third kappa shape index (κ3) is 3.57. The molecule has 0 aromatic carbocycles. The highest BCUT2D eigenvalue weighted by molar-refractivity contribution is 8.00. The average molecular weight is 217 g/mol. The van der Waals surface area contributed by atoms with E-state index in [4.69, 9.17) is 0 Å². The van der Waals surface area contributed by atoms with E-state index in [9.17, 15) is 9.59 Å². The van der Waals surface area contributed by atoms with E-state index >= 15 is 0 Å². The van der Waals surface area contributed by atoms with E-state index in [2.05, 4.69) is 10.1 Å². The summed E-state index contributed by atoms with van der Waals surface area (Å²) >= 11 is 1.67. The zero-order valence-corrected chi connectivity index (χ0v) is 9.06. The van der Waals surface area contributed by atoms with E-state index in [-0.39, 0.29) is 17.7 Å². The van der Waals surface area contributed by atoms with Crippen LogP contribution < -0.4 is 5.32 Å². The number of nitrogens with one attached hydrogen (secondary N) is 1. The highest BCUT2D eigenvalue weighted by Crippen LogP contribution is 2.24. The summed E-state index contributed by atoms with van der Waals surface area (Å²) in [6.45, 7) is -0.0214. The van der Waals surface area contributed by atoms with Crippen LogP contribution in [0.1, 0.15) is 19.3 Å². The molecule has 0 spiro atoms. The highest BCUT2D eigenvalue weighted by Gasteiger charge is 2.21. The van der Waals surface area contributed by atoms with Crippen LogP contribution >= 0.6 is 11.8 Å². The van der Waals surface area contributed by atoms with E-state index in [0.717, 1.165) is 18.6 Å². The van der Waals surface area contributed by atoms with Gasteiger partial charge in [0.25, 0.3) is 0 Å². The van der Waals surface area contributed by atoms with Gasteiger partial charge in [-0.2, -0.15) is 0 Å². The Morgan fingerprint density at radius 2 is 2.29 bits per heavy atom. The first-order valence-electron chi connectivity index (χ1n) is 4.70. The molecule has 1 fully saturated rings. The molecule has 1 heterocycles. The SMILES string of the molecule is COC(=O)CNC(=O)C1CCCCS1. The largest absolute Gasteiger partial charge is 0.468 e. The molecule has 5 heteroatoms. The lowest BCUT2D eigenvalue weighted by Crippen LogP contribution is -2.37. The molecule has 1 unspecified atom stereocenters. The summed E-state index contributed by atoms with van der Waals surface area (Å²) in [6, 6.07) is 0. The number of hydrogen-bond donors (Lipinski definition) is 1. The first-order chi connectivity index (χ1) is 6.74. The van der Waals surface area contributed by atoms with Crippen molar-refractivity contribution in [2.75, 3.05) is 19.4 Å². The van der Waals surface area contributed by atoms with Gasteiger partial charge in [-0.15, -0.1) is 11.8 Å². The first kappa shape index (κ1) is 11.4. The fraction of sp³-hybridized carbons (Fsp3) is 0.778. The Morgan fingerprint density at radius 1 is 1.50 bits per heavy atom. The molecule has 1 N–H and O–H groups in total. The van der Waals surface area contributed by atoms with Gasteiger partial charge in [0.2, 0.25) is 5.91 Å². The van der Waals surface area contributed by atoms with Gasteiger partial charge in [-0.05, 0) is 18.6 Å². The molecular formula is C9H15NO3S. The molecule has 1 atom stereocenters. The standard InChI is InChI=1S/C9H15NO3S/c1-13-8(11)6-10-9(12)7-4-2-3-5-14-7/h7H,2-6H2,1H3,(H,10,12). The van der Waals surface area contributed by atoms with Gasteiger partial charge in [0.1, 0.15) is 6.54 Å². The first-order valence-corrected chi connectivity index (χ1v) is 5.75. The van der Waals surface area contributed by atoms with Crippen molar-refractivity contribution >= 4 is 23.6 Å². The third-order valence-electron chi connectivity index (χ3n) is 2.11. The van der Waals surface area contributed by atoms with Crippen LogP contribution in [0, 0.1) is 0 Å². The van der Waals surface area contributed by atoms with E-state index < -0.39 is 5.97 Å². The molecule has 80 valence electrons. The van der Waals surface area contributed by atoms with Crippen LogP contribution in [0.4, 0.5) is 0 Å². The molecule has 1 aliphatic rings. The van der Waals surface area contributed by atoms with Crippen LogP contribution in [0.3, 0.4) is 0 Å². The molecular weight excluding hydrogens is 202 g/mol. The summed E-state index contributed by atoms with van der Waals surface area (Å²) in [4.78, 5) is 22.2. The topological polar surface area (TPSA) is 55.4 Å². The lowest BCUT2D eigenvalue weighted by atomic mass is 10.2. The zero-order valence-electron chi connectivity index (χ0n) is 8.25. The van der Waals surface area contributed by atoms with Gasteiger partial charge in [-0.1, -0.05) is 6.42 Å². The van der Waals surface area contributed by atoms with Crippen LogP contribution in [-0.2, 0) is 14.3 Å². The Kier molecular flexibility index (Phi) is 4.79. The maximum absolute atomic E-state index is 11.5. The quantitative estimate of drug-likeness (QED) is 0.702. The van der Waals surface area contributed by atoms with Gasteiger partial charge in [0.15, 0.2) is 0 Å². The molecule has 1 saturated heterocycles. The summed E-state index contributed by atoms with van der Waals surface area (Å²) in [5, 5.41) is 2.59. The van der Waals surface area contributed by atoms with Gasteiger partial charge in [-0.25, -0.2) is 0 Å². The minimum Gasteiger partial charge on any atom is -0.468 e. The molecule has 4 nitrogen and oxygen atoms in total. The predicted molar refractivity (Wildman–Crippen MR) is 55.1 cm³/mol. The highest BCUT2D eigenvalue weighted by atomic mass is 32.2. The van der Waals surface area contributed by atoms with Crippen molar-refractivity contribution < 1.29 is 14.3 Å². The maximum atomic E-state index is 11.5. The minimum atomic E-state index is -0.404. The Labute approximate surface area is 87.8 Å². The van der Waals surface area contributed by atoms with Crippen molar-refractivity contribution in [1.82, 2.24) is 5.32 Å². The van der Waals surface area contributed by atoms with Crippen molar-refractivity contribution in [3.63, 3.8) is 0 Å². The number of carbonyl (C=O) groups is 2. The number of thioether (sulfide) groups is 1. The Morgan fingerprint density at radius 3 is 2.86 bits per heavy atom. The monoisotopic (exact) mass is 217 g/mol. The Hall–Kier alpha value is -0.710. The van der Waals surface area contributed by atoms with Gasteiger partial charge >= 0.3 is 5.97 Å². The van der Waals surface area contributed by atoms with Gasteiger partial charge in [-0.3, -0.25) is 9.59 Å². The van der Waals surface area contributed by atoms with Gasteiger partial charge < -0.3 is 10.1 Å². The van der Waals surface area contributed by atoms with E-state index in [1.165, 1.54) is 13.5 Å². The average Bonchev–Trinajstić information content (AvgIpc) is 2.26. The number of ether oxygens (including phenoxy) is 1. The number of amides is 1. The van der Waals surface area contributed by atoms with Crippen molar-refractivity contribution in [2.45, 2.75) is 24.5 Å². The van der Waals surface area contributed by atoms with Crippen LogP contribution in [0.5, 0.6) is 0 Å². The van der Waals surface area contributed by atoms with Crippen molar-refractivity contribution in [3.8, 4) is 0 Å². The molecule has 0 aromatic heterocycles. The van der Waals surface area contributed by atoms with Gasteiger partial charge in [0, 0.05) is 0 Å². The summed E-state index contributed by atoms with van der Waals surface area (Å²) in [5.74, 6) is 0.593. The van der Waals surface area contributed by atoms with E-state index in [1.807, 2.05) is 0 Å². The molecule has 14 heavy (non-hydrogen) atoms. The van der Waals surface area contributed by atoms with Crippen LogP contribution in [0.15, 0.2) is 0 Å². The summed E-state index contributed by atoms with van der Waals surface area (Å²) in [7, 11) is 1.31. The van der Waals surface area contributed by atoms with Crippen LogP contribution in [-0.4, -0.2) is 36.5 Å². The fourth-order valence-electron chi connectivity index (χ4n) is 1.29. The Balaban J connectivity index is 2.23. The zero-order chi connectivity index (χ0) is 10.4. The maximum Gasteiger partial charge on any atom is 0.325 e. The summed E-state index contributed by atoms with van der Waals surface area (Å²) < 4.78 is 4.43. The molecule has 1 amide bonds. The molecule has 1 rings (SSSR count). The lowest BCUT2D eigenvalue weighted by molar-refractivity contribution is -0.141. The molecule has 1 aliphatic heterocycles. The van der Waals surface area contributed by atoms with E-state index in [1.54, 1.807) is 11.8 Å². The second-order valence-corrected chi connectivity index (χ2v) is 4.46. The van der Waals surface area contributed by atoms with E-state index in [0.29, 0.717) is 0 Å². The number of hydrogen-bond acceptors (Lipinski definition) is 4. The minimum absolute atomic E-state index is 0.0214. The molecule has 0 saturated carbocycles. The second-order valence-electron chi connectivity index (χ2n) is 3.15. The third-order valence-corrected chi connectivity index (χ3v) is 3.48. The number of carbonyl (C=O) groups excluding carboxylic acids is 2. The molecule has 0 bridgehead atoms. The molecule has 0 aliphatic carbocycles. The second kappa shape index (κ2) is 5.90. The molecule has 0 radical (unpaired) electrons. The normalized spacial score (nSPS) is 21.4. The Bertz CT molecular complexity index is 214. The number of esters is 1. The predicted octanol–water partition coefficient (Wildman–Crippen LogP) is 0.561. The smallest absolute Gasteiger partial charge is 0.325 e. The number of rotatable bonds is 3. The van der Waals surface area contributed by atoms with Crippen molar-refractivity contribution in [3.05, 3.63) is 0 Å². The van der Waals surface area contributed by atoms with Crippen molar-refractivity contribution in [2.24, 2.45) is 0 Å². The summed E-state index contributed by atoms with van der Waals surface area (Å²) in [6.07, 6.45) is 3.20. The van der Waals surface area contributed by atoms with Crippen LogP contribution in [0.2, 0.25) is 0 Å². The fourth-order valence-corrected chi connectivity index (χ4v) is 2.52. The van der Waals surface area contributed by atoms with Crippen LogP contribution in [0.25, 0.3) is 0 Å². The lowest BCUT2D eigenvalue weighted by Gasteiger charge is -2.19. The van der Waals surface area contributed by atoms with Crippen molar-refractivity contribution in [1.29, 1.82) is 0 Å². The number of methoxy groups -OCH3 is 1. The molecule has 0 aromatic rings.